The van der Waals surface area contributed by atoms with Crippen LogP contribution in [0.15, 0.2) is 18.3 Å². The van der Waals surface area contributed by atoms with Crippen molar-refractivity contribution in [2.24, 2.45) is 0 Å². The maximum Gasteiger partial charge on any atom is 0.433 e. The average Bonchev–Trinajstić information content (AvgIpc) is 2.52. The predicted molar refractivity (Wildman–Crippen MR) is 80.7 cm³/mol. The highest BCUT2D eigenvalue weighted by Crippen LogP contribution is 2.29. The normalized spacial score (nSPS) is 17.2. The number of carbonyl (C=O) groups excluding carboxylic acids is 2. The Labute approximate surface area is 138 Å². The van der Waals surface area contributed by atoms with E-state index < -0.39 is 17.4 Å². The van der Waals surface area contributed by atoms with E-state index in [0.717, 1.165) is 31.5 Å². The van der Waals surface area contributed by atoms with Crippen LogP contribution in [0, 0.1) is 0 Å². The van der Waals surface area contributed by atoms with Crippen LogP contribution in [-0.2, 0) is 22.3 Å². The Morgan fingerprint density at radius 3 is 2.50 bits per heavy atom. The lowest BCUT2D eigenvalue weighted by molar-refractivity contribution is -0.141. The van der Waals surface area contributed by atoms with Crippen LogP contribution in [-0.4, -0.2) is 22.3 Å². The van der Waals surface area contributed by atoms with Crippen molar-refractivity contribution in [2.45, 2.75) is 57.3 Å². The molecule has 0 unspecified atom stereocenters. The Morgan fingerprint density at radius 2 is 1.92 bits per heavy atom. The van der Waals surface area contributed by atoms with Gasteiger partial charge in [0.05, 0.1) is 0 Å². The molecule has 8 heteroatoms. The molecule has 0 radical (unpaired) electrons. The van der Waals surface area contributed by atoms with Gasteiger partial charge in [0, 0.05) is 19.7 Å². The SMILES string of the molecule is CC(=O)NC1(C(=O)NCc2ccnc(C(F)(F)F)c2)CCCCC1. The molecule has 1 aliphatic rings. The van der Waals surface area contributed by atoms with Crippen molar-refractivity contribution in [1.82, 2.24) is 15.6 Å². The minimum absolute atomic E-state index is 0.0498. The summed E-state index contributed by atoms with van der Waals surface area (Å²) in [5.74, 6) is -0.655. The summed E-state index contributed by atoms with van der Waals surface area (Å²) >= 11 is 0. The van der Waals surface area contributed by atoms with E-state index in [9.17, 15) is 22.8 Å². The molecular formula is C16H20F3N3O2. The van der Waals surface area contributed by atoms with Crippen molar-refractivity contribution in [2.75, 3.05) is 0 Å². The molecule has 1 aliphatic carbocycles. The maximum atomic E-state index is 12.7. The Hall–Kier alpha value is -2.12. The van der Waals surface area contributed by atoms with Gasteiger partial charge in [0.1, 0.15) is 11.2 Å². The van der Waals surface area contributed by atoms with Crippen LogP contribution in [0.5, 0.6) is 0 Å². The molecule has 2 amide bonds. The molecule has 0 saturated heterocycles. The van der Waals surface area contributed by atoms with E-state index in [1.807, 2.05) is 0 Å². The second kappa shape index (κ2) is 7.19. The van der Waals surface area contributed by atoms with E-state index in [0.29, 0.717) is 18.4 Å². The van der Waals surface area contributed by atoms with Crippen LogP contribution >= 0.6 is 0 Å². The maximum absolute atomic E-state index is 12.7. The van der Waals surface area contributed by atoms with Crippen molar-refractivity contribution in [1.29, 1.82) is 0 Å². The topological polar surface area (TPSA) is 71.1 Å². The summed E-state index contributed by atoms with van der Waals surface area (Å²) in [4.78, 5) is 27.3. The summed E-state index contributed by atoms with van der Waals surface area (Å²) in [6, 6.07) is 2.33. The number of amides is 2. The summed E-state index contributed by atoms with van der Waals surface area (Å²) in [7, 11) is 0. The van der Waals surface area contributed by atoms with Gasteiger partial charge in [0.25, 0.3) is 0 Å². The van der Waals surface area contributed by atoms with Crippen LogP contribution in [0.25, 0.3) is 0 Å². The van der Waals surface area contributed by atoms with E-state index in [-0.39, 0.29) is 18.4 Å². The highest BCUT2D eigenvalue weighted by Gasteiger charge is 2.40. The van der Waals surface area contributed by atoms with E-state index in [1.54, 1.807) is 0 Å². The van der Waals surface area contributed by atoms with E-state index in [4.69, 9.17) is 0 Å². The monoisotopic (exact) mass is 343 g/mol. The molecule has 0 spiro atoms. The zero-order chi connectivity index (χ0) is 17.8. The van der Waals surface area contributed by atoms with Crippen LogP contribution in [0.4, 0.5) is 13.2 Å². The van der Waals surface area contributed by atoms with Crippen molar-refractivity contribution < 1.29 is 22.8 Å². The third kappa shape index (κ3) is 4.46. The first-order valence-electron chi connectivity index (χ1n) is 7.82. The summed E-state index contributed by atoms with van der Waals surface area (Å²) in [5.41, 5.74) is -1.66. The van der Waals surface area contributed by atoms with Crippen LogP contribution in [0.2, 0.25) is 0 Å². The minimum atomic E-state index is -4.53. The largest absolute Gasteiger partial charge is 0.433 e. The fourth-order valence-corrected chi connectivity index (χ4v) is 2.99. The standard InChI is InChI=1S/C16H20F3N3O2/c1-11(23)22-15(6-3-2-4-7-15)14(24)21-10-12-5-8-20-13(9-12)16(17,18)19/h5,8-9H,2-4,6-7,10H2,1H3,(H,21,24)(H,22,23). The van der Waals surface area contributed by atoms with Gasteiger partial charge in [-0.15, -0.1) is 0 Å². The molecular weight excluding hydrogens is 323 g/mol. The fourth-order valence-electron chi connectivity index (χ4n) is 2.99. The van der Waals surface area contributed by atoms with Crippen molar-refractivity contribution in [3.05, 3.63) is 29.6 Å². The van der Waals surface area contributed by atoms with Crippen molar-refractivity contribution >= 4 is 11.8 Å². The lowest BCUT2D eigenvalue weighted by Gasteiger charge is -2.36. The quantitative estimate of drug-likeness (QED) is 0.883. The van der Waals surface area contributed by atoms with Gasteiger partial charge in [-0.25, -0.2) is 0 Å². The van der Waals surface area contributed by atoms with E-state index in [2.05, 4.69) is 15.6 Å². The van der Waals surface area contributed by atoms with Crippen molar-refractivity contribution in [3.63, 3.8) is 0 Å². The fraction of sp³-hybridized carbons (Fsp3) is 0.562. The molecule has 1 fully saturated rings. The average molecular weight is 343 g/mol. The number of pyridine rings is 1. The Morgan fingerprint density at radius 1 is 1.25 bits per heavy atom. The number of hydrogen-bond acceptors (Lipinski definition) is 3. The third-order valence-corrected chi connectivity index (χ3v) is 4.12. The predicted octanol–water partition coefficient (Wildman–Crippen LogP) is 2.56. The summed E-state index contributed by atoms with van der Waals surface area (Å²) in [6.07, 6.45) is 0.233. The number of alkyl halides is 3. The first-order chi connectivity index (χ1) is 11.2. The first-order valence-corrected chi connectivity index (χ1v) is 7.82. The third-order valence-electron chi connectivity index (χ3n) is 4.12. The molecule has 5 nitrogen and oxygen atoms in total. The minimum Gasteiger partial charge on any atom is -0.350 e. The summed E-state index contributed by atoms with van der Waals surface area (Å²) in [5, 5.41) is 5.37. The molecule has 1 aromatic rings. The van der Waals surface area contributed by atoms with Gasteiger partial charge in [-0.1, -0.05) is 19.3 Å². The van der Waals surface area contributed by atoms with Gasteiger partial charge in [-0.2, -0.15) is 13.2 Å². The molecule has 2 N–H and O–H groups in total. The van der Waals surface area contributed by atoms with Crippen LogP contribution in [0.1, 0.15) is 50.3 Å². The lowest BCUT2D eigenvalue weighted by atomic mass is 9.80. The molecule has 2 rings (SSSR count). The molecule has 132 valence electrons. The first kappa shape index (κ1) is 18.2. The highest BCUT2D eigenvalue weighted by atomic mass is 19.4. The van der Waals surface area contributed by atoms with Gasteiger partial charge in [0.2, 0.25) is 11.8 Å². The number of nitrogens with zero attached hydrogens (tertiary/aromatic N) is 1. The van der Waals surface area contributed by atoms with Crippen molar-refractivity contribution in [3.8, 4) is 0 Å². The number of aromatic nitrogens is 1. The molecule has 1 aromatic heterocycles. The molecule has 1 heterocycles. The van der Waals surface area contributed by atoms with Gasteiger partial charge < -0.3 is 10.6 Å². The Balaban J connectivity index is 2.07. The highest BCUT2D eigenvalue weighted by molar-refractivity contribution is 5.91. The molecule has 0 aromatic carbocycles. The number of rotatable bonds is 4. The zero-order valence-electron chi connectivity index (χ0n) is 13.4. The number of nitrogens with one attached hydrogen (secondary N) is 2. The molecule has 24 heavy (non-hydrogen) atoms. The van der Waals surface area contributed by atoms with Gasteiger partial charge in [-0.3, -0.25) is 14.6 Å². The molecule has 0 bridgehead atoms. The smallest absolute Gasteiger partial charge is 0.350 e. The van der Waals surface area contributed by atoms with Gasteiger partial charge in [0.15, 0.2) is 0 Å². The van der Waals surface area contributed by atoms with E-state index in [1.165, 1.54) is 13.0 Å². The number of carbonyl (C=O) groups is 2. The molecule has 0 atom stereocenters. The Kier molecular flexibility index (Phi) is 5.46. The zero-order valence-corrected chi connectivity index (χ0v) is 13.4. The molecule has 0 aliphatic heterocycles. The second-order valence-corrected chi connectivity index (χ2v) is 6.05. The number of halogens is 3. The molecule has 1 saturated carbocycles. The van der Waals surface area contributed by atoms with Gasteiger partial charge >= 0.3 is 6.18 Å². The van der Waals surface area contributed by atoms with E-state index >= 15 is 0 Å². The Bertz CT molecular complexity index is 611. The van der Waals surface area contributed by atoms with Crippen LogP contribution < -0.4 is 10.6 Å². The summed E-state index contributed by atoms with van der Waals surface area (Å²) in [6.45, 7) is 1.30. The second-order valence-electron chi connectivity index (χ2n) is 6.05. The summed E-state index contributed by atoms with van der Waals surface area (Å²) < 4.78 is 38.0. The lowest BCUT2D eigenvalue weighted by Crippen LogP contribution is -2.59. The van der Waals surface area contributed by atoms with Gasteiger partial charge in [-0.05, 0) is 30.5 Å². The van der Waals surface area contributed by atoms with Crippen LogP contribution in [0.3, 0.4) is 0 Å². The number of hydrogen-bond donors (Lipinski definition) is 2.